The molecule has 0 radical (unpaired) electrons. The third-order valence-electron chi connectivity index (χ3n) is 4.70. The summed E-state index contributed by atoms with van der Waals surface area (Å²) in [5.41, 5.74) is 1.74. The van der Waals surface area contributed by atoms with E-state index in [1.165, 1.54) is 28.6 Å². The molecule has 3 rings (SSSR count). The van der Waals surface area contributed by atoms with Crippen molar-refractivity contribution < 1.29 is 13.2 Å². The predicted octanol–water partition coefficient (Wildman–Crippen LogP) is 4.54. The molecular weight excluding hydrogens is 455 g/mol. The van der Waals surface area contributed by atoms with Crippen LogP contribution in [0.15, 0.2) is 83.8 Å². The summed E-state index contributed by atoms with van der Waals surface area (Å²) < 4.78 is 27.6. The average Bonchev–Trinajstić information content (AvgIpc) is 2.77. The van der Waals surface area contributed by atoms with Crippen LogP contribution in [0.3, 0.4) is 0 Å². The molecule has 0 heterocycles. The zero-order valence-corrected chi connectivity index (χ0v) is 19.0. The smallest absolute Gasteiger partial charge is 0.243 e. The summed E-state index contributed by atoms with van der Waals surface area (Å²) >= 11 is 12.0. The summed E-state index contributed by atoms with van der Waals surface area (Å²) in [5.74, 6) is -0.412. The maximum absolute atomic E-state index is 13.2. The molecule has 0 aromatic heterocycles. The second-order valence-corrected chi connectivity index (χ2v) is 9.68. The predicted molar refractivity (Wildman–Crippen MR) is 124 cm³/mol. The van der Waals surface area contributed by atoms with Crippen molar-refractivity contribution in [2.24, 2.45) is 0 Å². The van der Waals surface area contributed by atoms with Gasteiger partial charge in [-0.25, -0.2) is 8.42 Å². The standard InChI is InChI=1S/C23H22Cl2N2O3S/c24-20-10-12-21(13-11-20)31(29,30)27(15-14-18-6-2-1-3-7-18)17-23(28)26-16-19-8-4-5-9-22(19)25/h1-13H,14-17H2,(H,26,28). The number of carbonyl (C=O) groups excluding carboxylic acids is 1. The van der Waals surface area contributed by atoms with Crippen molar-refractivity contribution in [3.63, 3.8) is 0 Å². The van der Waals surface area contributed by atoms with Gasteiger partial charge in [-0.3, -0.25) is 4.79 Å². The topological polar surface area (TPSA) is 66.5 Å². The van der Waals surface area contributed by atoms with Crippen LogP contribution in [0, 0.1) is 0 Å². The fraction of sp³-hybridized carbons (Fsp3) is 0.174. The van der Waals surface area contributed by atoms with Crippen LogP contribution in [0.1, 0.15) is 11.1 Å². The Morgan fingerprint density at radius 1 is 0.871 bits per heavy atom. The highest BCUT2D eigenvalue weighted by Gasteiger charge is 2.26. The second-order valence-electron chi connectivity index (χ2n) is 6.90. The van der Waals surface area contributed by atoms with Gasteiger partial charge < -0.3 is 5.32 Å². The van der Waals surface area contributed by atoms with E-state index in [-0.39, 0.29) is 24.5 Å². The lowest BCUT2D eigenvalue weighted by atomic mass is 10.1. The molecule has 0 spiro atoms. The van der Waals surface area contributed by atoms with E-state index >= 15 is 0 Å². The molecule has 0 aliphatic rings. The molecule has 0 aliphatic carbocycles. The van der Waals surface area contributed by atoms with Crippen LogP contribution in [0.4, 0.5) is 0 Å². The van der Waals surface area contributed by atoms with Crippen molar-refractivity contribution in [3.8, 4) is 0 Å². The zero-order chi connectivity index (χ0) is 22.3. The van der Waals surface area contributed by atoms with Gasteiger partial charge in [-0.05, 0) is 47.9 Å². The Kier molecular flexibility index (Phi) is 8.09. The van der Waals surface area contributed by atoms with Crippen molar-refractivity contribution in [1.82, 2.24) is 9.62 Å². The van der Waals surface area contributed by atoms with Gasteiger partial charge >= 0.3 is 0 Å². The molecule has 0 saturated carbocycles. The summed E-state index contributed by atoms with van der Waals surface area (Å²) in [4.78, 5) is 12.7. The number of nitrogens with one attached hydrogen (secondary N) is 1. The number of sulfonamides is 1. The van der Waals surface area contributed by atoms with E-state index in [1.807, 2.05) is 36.4 Å². The summed E-state index contributed by atoms with van der Waals surface area (Å²) in [6, 6.07) is 22.6. The van der Waals surface area contributed by atoms with Crippen molar-refractivity contribution in [2.75, 3.05) is 13.1 Å². The van der Waals surface area contributed by atoms with Crippen LogP contribution in [0.5, 0.6) is 0 Å². The summed E-state index contributed by atoms with van der Waals surface area (Å²) in [6.45, 7) is 0.0722. The van der Waals surface area contributed by atoms with Gasteiger partial charge in [-0.2, -0.15) is 4.31 Å². The molecule has 0 saturated heterocycles. The number of halogens is 2. The van der Waals surface area contributed by atoms with Crippen LogP contribution in [-0.4, -0.2) is 31.7 Å². The monoisotopic (exact) mass is 476 g/mol. The van der Waals surface area contributed by atoms with Crippen LogP contribution in [0.25, 0.3) is 0 Å². The first-order chi connectivity index (χ1) is 14.9. The Morgan fingerprint density at radius 3 is 2.19 bits per heavy atom. The number of hydrogen-bond donors (Lipinski definition) is 1. The highest BCUT2D eigenvalue weighted by Crippen LogP contribution is 2.19. The van der Waals surface area contributed by atoms with Gasteiger partial charge in [0, 0.05) is 23.1 Å². The highest BCUT2D eigenvalue weighted by atomic mass is 35.5. The molecule has 5 nitrogen and oxygen atoms in total. The van der Waals surface area contributed by atoms with Crippen LogP contribution in [0.2, 0.25) is 10.0 Å². The maximum atomic E-state index is 13.2. The quantitative estimate of drug-likeness (QED) is 0.492. The third-order valence-corrected chi connectivity index (χ3v) is 7.18. The SMILES string of the molecule is O=C(CN(CCc1ccccc1)S(=O)(=O)c1ccc(Cl)cc1)NCc1ccccc1Cl. The van der Waals surface area contributed by atoms with Gasteiger partial charge in [0.25, 0.3) is 0 Å². The molecular formula is C23H22Cl2N2O3S. The molecule has 0 atom stereocenters. The second kappa shape index (κ2) is 10.8. The van der Waals surface area contributed by atoms with E-state index in [4.69, 9.17) is 23.2 Å². The zero-order valence-electron chi connectivity index (χ0n) is 16.7. The largest absolute Gasteiger partial charge is 0.351 e. The van der Waals surface area contributed by atoms with Crippen molar-refractivity contribution in [3.05, 3.63) is 100 Å². The molecule has 8 heteroatoms. The molecule has 1 N–H and O–H groups in total. The van der Waals surface area contributed by atoms with Gasteiger partial charge in [-0.1, -0.05) is 71.7 Å². The summed E-state index contributed by atoms with van der Waals surface area (Å²) in [7, 11) is -3.89. The highest BCUT2D eigenvalue weighted by molar-refractivity contribution is 7.89. The van der Waals surface area contributed by atoms with Crippen molar-refractivity contribution >= 4 is 39.1 Å². The number of nitrogens with zero attached hydrogens (tertiary/aromatic N) is 1. The minimum atomic E-state index is -3.89. The maximum Gasteiger partial charge on any atom is 0.243 e. The number of rotatable bonds is 9. The molecule has 0 aliphatic heterocycles. The lowest BCUT2D eigenvalue weighted by Gasteiger charge is -2.22. The number of benzene rings is 3. The van der Waals surface area contributed by atoms with Crippen LogP contribution >= 0.6 is 23.2 Å². The van der Waals surface area contributed by atoms with E-state index in [0.717, 1.165) is 11.1 Å². The number of amides is 1. The molecule has 31 heavy (non-hydrogen) atoms. The first-order valence-corrected chi connectivity index (χ1v) is 11.9. The Morgan fingerprint density at radius 2 is 1.52 bits per heavy atom. The van der Waals surface area contributed by atoms with E-state index < -0.39 is 15.9 Å². The molecule has 3 aromatic rings. The molecule has 1 amide bonds. The Labute approximate surface area is 192 Å². The average molecular weight is 477 g/mol. The van der Waals surface area contributed by atoms with Gasteiger partial charge in [0.2, 0.25) is 15.9 Å². The van der Waals surface area contributed by atoms with Crippen LogP contribution < -0.4 is 5.32 Å². The van der Waals surface area contributed by atoms with Gasteiger partial charge in [0.1, 0.15) is 0 Å². The Bertz CT molecular complexity index is 1120. The van der Waals surface area contributed by atoms with Crippen molar-refractivity contribution in [2.45, 2.75) is 17.9 Å². The lowest BCUT2D eigenvalue weighted by Crippen LogP contribution is -2.41. The first kappa shape index (κ1) is 23.3. The van der Waals surface area contributed by atoms with Gasteiger partial charge in [0.05, 0.1) is 11.4 Å². The molecule has 162 valence electrons. The van der Waals surface area contributed by atoms with Gasteiger partial charge in [-0.15, -0.1) is 0 Å². The molecule has 0 unspecified atom stereocenters. The van der Waals surface area contributed by atoms with Crippen LogP contribution in [-0.2, 0) is 27.8 Å². The normalized spacial score (nSPS) is 11.5. The molecule has 0 fully saturated rings. The summed E-state index contributed by atoms with van der Waals surface area (Å²) in [5, 5.41) is 3.73. The van der Waals surface area contributed by atoms with E-state index in [9.17, 15) is 13.2 Å². The summed E-state index contributed by atoms with van der Waals surface area (Å²) in [6.07, 6.45) is 0.478. The van der Waals surface area contributed by atoms with E-state index in [2.05, 4.69) is 5.32 Å². The fourth-order valence-electron chi connectivity index (χ4n) is 2.99. The van der Waals surface area contributed by atoms with E-state index in [0.29, 0.717) is 16.5 Å². The lowest BCUT2D eigenvalue weighted by molar-refractivity contribution is -0.121. The molecule has 3 aromatic carbocycles. The Hall–Kier alpha value is -2.38. The minimum absolute atomic E-state index is 0.0869. The fourth-order valence-corrected chi connectivity index (χ4v) is 4.72. The first-order valence-electron chi connectivity index (χ1n) is 9.66. The number of carbonyl (C=O) groups is 1. The van der Waals surface area contributed by atoms with E-state index in [1.54, 1.807) is 18.2 Å². The van der Waals surface area contributed by atoms with Gasteiger partial charge in [0.15, 0.2) is 0 Å². The Balaban J connectivity index is 1.75. The minimum Gasteiger partial charge on any atom is -0.351 e. The van der Waals surface area contributed by atoms with Crippen molar-refractivity contribution in [1.29, 1.82) is 0 Å². The number of hydrogen-bond acceptors (Lipinski definition) is 3. The third kappa shape index (κ3) is 6.55. The molecule has 0 bridgehead atoms.